The highest BCUT2D eigenvalue weighted by molar-refractivity contribution is 7.53. The minimum Gasteiger partial charge on any atom is -0.465 e. The number of hydrogen-bond donors (Lipinski definition) is 4. The number of rotatable bonds is 7. The molecule has 4 N–H and O–H groups in total. The maximum Gasteiger partial charge on any atom is 0.414 e. The Morgan fingerprint density at radius 1 is 1.38 bits per heavy atom. The van der Waals surface area contributed by atoms with Crippen molar-refractivity contribution in [2.45, 2.75) is 12.6 Å². The van der Waals surface area contributed by atoms with Crippen molar-refractivity contribution < 1.29 is 38.1 Å². The normalized spacial score (nSPS) is 14.3. The van der Waals surface area contributed by atoms with E-state index in [1.807, 2.05) is 5.32 Å². The molecule has 0 saturated carbocycles. The van der Waals surface area contributed by atoms with Crippen molar-refractivity contribution in [3.8, 4) is 5.75 Å². The lowest BCUT2D eigenvalue weighted by molar-refractivity contribution is -0.148. The highest BCUT2D eigenvalue weighted by Crippen LogP contribution is 2.47. The third kappa shape index (κ3) is 5.07. The van der Waals surface area contributed by atoms with Crippen molar-refractivity contribution in [2.75, 3.05) is 13.2 Å². The van der Waals surface area contributed by atoms with Crippen molar-refractivity contribution in [1.29, 1.82) is 0 Å². The molecule has 10 heteroatoms. The molecule has 8 nitrogen and oxygen atoms in total. The van der Waals surface area contributed by atoms with Gasteiger partial charge in [-0.1, -0.05) is 0 Å². The Hall–Kier alpha value is -1.51. The molecule has 0 radical (unpaired) electrons. The van der Waals surface area contributed by atoms with Crippen LogP contribution in [0.5, 0.6) is 5.75 Å². The van der Waals surface area contributed by atoms with Crippen molar-refractivity contribution in [3.63, 3.8) is 0 Å². The number of benzene rings is 1. The number of halogens is 1. The van der Waals surface area contributed by atoms with E-state index in [1.54, 1.807) is 6.92 Å². The monoisotopic (exact) mass is 323 g/mol. The van der Waals surface area contributed by atoms with Gasteiger partial charge in [-0.25, -0.2) is 9.71 Å². The fourth-order valence-electron chi connectivity index (χ4n) is 1.26. The van der Waals surface area contributed by atoms with Gasteiger partial charge in [-0.15, -0.1) is 0 Å². The molecule has 0 spiro atoms. The summed E-state index contributed by atoms with van der Waals surface area (Å²) in [5.74, 6) is -1.65. The number of esters is 1. The minimum absolute atomic E-state index is 0.0632. The largest absolute Gasteiger partial charge is 0.465 e. The van der Waals surface area contributed by atoms with Crippen LogP contribution in [0.2, 0.25) is 0 Å². The van der Waals surface area contributed by atoms with E-state index in [0.29, 0.717) is 0 Å². The smallest absolute Gasteiger partial charge is 0.414 e. The van der Waals surface area contributed by atoms with Crippen LogP contribution < -0.4 is 10.1 Å². The lowest BCUT2D eigenvalue weighted by atomic mass is 10.3. The average Bonchev–Trinajstić information content (AvgIpc) is 2.38. The number of carbonyl (C=O) groups excluding carboxylic acids is 1. The molecule has 1 atom stereocenters. The number of carbonyl (C=O) groups is 1. The second-order valence-corrected chi connectivity index (χ2v) is 5.56. The fourth-order valence-corrected chi connectivity index (χ4v) is 1.77. The lowest BCUT2D eigenvalue weighted by Gasteiger charge is -2.29. The van der Waals surface area contributed by atoms with Gasteiger partial charge < -0.3 is 24.4 Å². The SMILES string of the molecule is CCOC(=O)CNC(O)(Oc1ccc(F)cc1)P(=O)(O)O. The highest BCUT2D eigenvalue weighted by Gasteiger charge is 2.49. The second kappa shape index (κ2) is 6.97. The summed E-state index contributed by atoms with van der Waals surface area (Å²) in [5.41, 5.74) is -3.14. The topological polar surface area (TPSA) is 125 Å². The summed E-state index contributed by atoms with van der Waals surface area (Å²) < 4.78 is 33.4. The van der Waals surface area contributed by atoms with Crippen molar-refractivity contribution in [3.05, 3.63) is 30.1 Å². The predicted molar refractivity (Wildman–Crippen MR) is 68.7 cm³/mol. The third-order valence-corrected chi connectivity index (χ3v) is 3.28. The molecule has 0 bridgehead atoms. The molecule has 1 aromatic rings. The van der Waals surface area contributed by atoms with Gasteiger partial charge in [-0.2, -0.15) is 0 Å². The summed E-state index contributed by atoms with van der Waals surface area (Å²) in [7, 11) is -5.22. The van der Waals surface area contributed by atoms with Crippen molar-refractivity contribution >= 4 is 13.6 Å². The van der Waals surface area contributed by atoms with Crippen LogP contribution in [0.15, 0.2) is 24.3 Å². The number of aliphatic hydroxyl groups is 1. The number of ether oxygens (including phenoxy) is 2. The summed E-state index contributed by atoms with van der Waals surface area (Å²) in [6.07, 6.45) is 0. The molecule has 0 aliphatic heterocycles. The highest BCUT2D eigenvalue weighted by atomic mass is 31.2. The summed E-state index contributed by atoms with van der Waals surface area (Å²) in [6.45, 7) is 0.909. The zero-order valence-corrected chi connectivity index (χ0v) is 11.9. The molecule has 1 unspecified atom stereocenters. The molecule has 0 saturated heterocycles. The Balaban J connectivity index is 2.86. The van der Waals surface area contributed by atoms with Crippen LogP contribution >= 0.6 is 7.60 Å². The fraction of sp³-hybridized carbons (Fsp3) is 0.364. The van der Waals surface area contributed by atoms with Gasteiger partial charge in [0, 0.05) is 0 Å². The second-order valence-electron chi connectivity index (χ2n) is 3.87. The first-order valence-electron chi connectivity index (χ1n) is 5.81. The van der Waals surface area contributed by atoms with E-state index < -0.39 is 31.6 Å². The van der Waals surface area contributed by atoms with E-state index in [4.69, 9.17) is 14.5 Å². The van der Waals surface area contributed by atoms with Gasteiger partial charge >= 0.3 is 19.2 Å². The predicted octanol–water partition coefficient (Wildman–Crippen LogP) is 0.138. The van der Waals surface area contributed by atoms with Gasteiger partial charge in [0.25, 0.3) is 0 Å². The van der Waals surface area contributed by atoms with Crippen LogP contribution in [0.25, 0.3) is 0 Å². The quantitative estimate of drug-likeness (QED) is 0.317. The summed E-state index contributed by atoms with van der Waals surface area (Å²) >= 11 is 0. The Kier molecular flexibility index (Phi) is 5.82. The number of nitrogens with one attached hydrogen (secondary N) is 1. The van der Waals surface area contributed by atoms with Gasteiger partial charge in [0.2, 0.25) is 0 Å². The minimum atomic E-state index is -5.22. The molecule has 118 valence electrons. The van der Waals surface area contributed by atoms with Gasteiger partial charge in [-0.05, 0) is 31.2 Å². The lowest BCUT2D eigenvalue weighted by Crippen LogP contribution is -2.52. The van der Waals surface area contributed by atoms with Crippen LogP contribution in [0.3, 0.4) is 0 Å². The van der Waals surface area contributed by atoms with Gasteiger partial charge in [0.15, 0.2) is 0 Å². The zero-order valence-electron chi connectivity index (χ0n) is 11.0. The first-order valence-corrected chi connectivity index (χ1v) is 7.42. The van der Waals surface area contributed by atoms with Gasteiger partial charge in [-0.3, -0.25) is 9.36 Å². The maximum atomic E-state index is 12.7. The maximum absolute atomic E-state index is 12.7. The van der Waals surface area contributed by atoms with E-state index in [2.05, 4.69) is 4.74 Å². The number of hydrogen-bond acceptors (Lipinski definition) is 6. The molecule has 0 amide bonds. The van der Waals surface area contributed by atoms with Crippen LogP contribution in [-0.4, -0.2) is 39.7 Å². The van der Waals surface area contributed by atoms with E-state index in [9.17, 15) is 18.9 Å². The first kappa shape index (κ1) is 17.5. The zero-order chi connectivity index (χ0) is 16.1. The summed E-state index contributed by atoms with van der Waals surface area (Å²) in [5, 5.41) is 11.8. The average molecular weight is 323 g/mol. The summed E-state index contributed by atoms with van der Waals surface area (Å²) in [6, 6.07) is 4.06. The molecular weight excluding hydrogens is 308 g/mol. The Morgan fingerprint density at radius 2 is 1.95 bits per heavy atom. The molecule has 21 heavy (non-hydrogen) atoms. The van der Waals surface area contributed by atoms with Crippen LogP contribution in [0, 0.1) is 5.82 Å². The third-order valence-electron chi connectivity index (χ3n) is 2.24. The van der Waals surface area contributed by atoms with Crippen molar-refractivity contribution in [1.82, 2.24) is 5.32 Å². The van der Waals surface area contributed by atoms with Crippen LogP contribution in [-0.2, 0) is 14.1 Å². The first-order chi connectivity index (χ1) is 9.68. The Bertz CT molecular complexity index is 532. The molecule has 0 aliphatic rings. The van der Waals surface area contributed by atoms with Gasteiger partial charge in [0.1, 0.15) is 18.1 Å². The standard InChI is InChI=1S/C11H15FNO7P/c1-2-19-10(14)7-13-11(15,21(16,17)18)20-9-5-3-8(12)4-6-9/h3-6,13,15H,2,7H2,1H3,(H2,16,17,18). The molecule has 0 aliphatic carbocycles. The molecule has 0 aromatic heterocycles. The Labute approximate surface area is 119 Å². The molecule has 1 aromatic carbocycles. The van der Waals surface area contributed by atoms with E-state index in [-0.39, 0.29) is 12.4 Å². The van der Waals surface area contributed by atoms with Gasteiger partial charge in [0.05, 0.1) is 6.61 Å². The summed E-state index contributed by atoms with van der Waals surface area (Å²) in [4.78, 5) is 29.4. The van der Waals surface area contributed by atoms with Crippen LogP contribution in [0.1, 0.15) is 6.92 Å². The van der Waals surface area contributed by atoms with E-state index in [0.717, 1.165) is 24.3 Å². The van der Waals surface area contributed by atoms with Crippen molar-refractivity contribution in [2.24, 2.45) is 0 Å². The molecule has 1 rings (SSSR count). The molecule has 0 fully saturated rings. The molecular formula is C11H15FNO7P. The molecule has 0 heterocycles. The van der Waals surface area contributed by atoms with E-state index in [1.165, 1.54) is 0 Å². The van der Waals surface area contributed by atoms with E-state index >= 15 is 0 Å². The van der Waals surface area contributed by atoms with Crippen LogP contribution in [0.4, 0.5) is 4.39 Å². The Morgan fingerprint density at radius 3 is 2.43 bits per heavy atom.